The molecule has 0 spiro atoms. The summed E-state index contributed by atoms with van der Waals surface area (Å²) >= 11 is 1.61. The fourth-order valence-electron chi connectivity index (χ4n) is 0.866. The number of rotatable bonds is 7. The Morgan fingerprint density at radius 1 is 1.62 bits per heavy atom. The molecular formula is C9H19NO2S. The van der Waals surface area contributed by atoms with Gasteiger partial charge < -0.3 is 10.5 Å². The van der Waals surface area contributed by atoms with Crippen molar-refractivity contribution in [3.63, 3.8) is 0 Å². The van der Waals surface area contributed by atoms with E-state index in [1.807, 2.05) is 0 Å². The fraction of sp³-hybridized carbons (Fsp3) is 0.889. The number of carbonyl (C=O) groups excluding carboxylic acids is 1. The monoisotopic (exact) mass is 205 g/mol. The van der Waals surface area contributed by atoms with E-state index in [0.717, 1.165) is 25.0 Å². The lowest BCUT2D eigenvalue weighted by atomic mass is 10.1. The molecule has 0 fully saturated rings. The van der Waals surface area contributed by atoms with Gasteiger partial charge in [-0.1, -0.05) is 6.92 Å². The molecule has 0 aliphatic carbocycles. The molecule has 0 saturated heterocycles. The van der Waals surface area contributed by atoms with E-state index in [1.54, 1.807) is 11.8 Å². The molecule has 0 heterocycles. The minimum Gasteiger partial charge on any atom is -0.468 e. The van der Waals surface area contributed by atoms with Crippen molar-refractivity contribution in [2.45, 2.75) is 32.2 Å². The fourth-order valence-corrected chi connectivity index (χ4v) is 1.67. The van der Waals surface area contributed by atoms with Crippen molar-refractivity contribution < 1.29 is 9.53 Å². The summed E-state index contributed by atoms with van der Waals surface area (Å²) in [5.41, 5.74) is 5.74. The average molecular weight is 205 g/mol. The molecule has 1 atom stereocenters. The Morgan fingerprint density at radius 2 is 2.31 bits per heavy atom. The molecule has 0 aliphatic heterocycles. The summed E-state index contributed by atoms with van der Waals surface area (Å²) in [6.45, 7) is 2.09. The molecule has 0 radical (unpaired) electrons. The summed E-state index contributed by atoms with van der Waals surface area (Å²) in [5.74, 6) is 1.30. The molecule has 2 N–H and O–H groups in total. The van der Waals surface area contributed by atoms with Gasteiger partial charge in [-0.05, 0) is 25.0 Å². The minimum atomic E-state index is -0.148. The standard InChI is InChI=1S/C9H19NO2S/c1-3-8(10)5-4-6-13-7-9(11)12-2/h8H,3-7,10H2,1-2H3. The Labute approximate surface area is 84.4 Å². The van der Waals surface area contributed by atoms with Crippen LogP contribution >= 0.6 is 11.8 Å². The molecule has 78 valence electrons. The van der Waals surface area contributed by atoms with Crippen molar-refractivity contribution in [2.75, 3.05) is 18.6 Å². The van der Waals surface area contributed by atoms with Gasteiger partial charge in [0.25, 0.3) is 0 Å². The summed E-state index contributed by atoms with van der Waals surface area (Å²) in [5, 5.41) is 0. The lowest BCUT2D eigenvalue weighted by Crippen LogP contribution is -2.18. The van der Waals surface area contributed by atoms with Crippen LogP contribution in [0.3, 0.4) is 0 Å². The molecule has 0 amide bonds. The van der Waals surface area contributed by atoms with Gasteiger partial charge in [-0.15, -0.1) is 0 Å². The molecule has 0 aromatic rings. The van der Waals surface area contributed by atoms with Gasteiger partial charge in [-0.3, -0.25) is 4.79 Å². The van der Waals surface area contributed by atoms with E-state index in [4.69, 9.17) is 5.73 Å². The SMILES string of the molecule is CCC(N)CCCSCC(=O)OC. The van der Waals surface area contributed by atoms with Crippen LogP contribution in [-0.4, -0.2) is 30.6 Å². The normalized spacial score (nSPS) is 12.5. The maximum absolute atomic E-state index is 10.7. The number of nitrogens with two attached hydrogens (primary N) is 1. The molecular weight excluding hydrogens is 186 g/mol. The smallest absolute Gasteiger partial charge is 0.315 e. The number of hydrogen-bond donors (Lipinski definition) is 1. The van der Waals surface area contributed by atoms with Crippen LogP contribution in [0.15, 0.2) is 0 Å². The number of carbonyl (C=O) groups is 1. The van der Waals surface area contributed by atoms with Gasteiger partial charge in [0.15, 0.2) is 0 Å². The second-order valence-corrected chi connectivity index (χ2v) is 4.04. The zero-order valence-electron chi connectivity index (χ0n) is 8.41. The first-order valence-electron chi connectivity index (χ1n) is 4.60. The predicted molar refractivity (Wildman–Crippen MR) is 56.8 cm³/mol. The Bertz CT molecular complexity index is 142. The molecule has 0 aromatic heterocycles. The first kappa shape index (κ1) is 12.8. The van der Waals surface area contributed by atoms with Crippen LogP contribution in [0.1, 0.15) is 26.2 Å². The van der Waals surface area contributed by atoms with Crippen LogP contribution in [0.5, 0.6) is 0 Å². The molecule has 0 aliphatic rings. The maximum atomic E-state index is 10.7. The third-order valence-corrected chi connectivity index (χ3v) is 2.85. The molecule has 1 unspecified atom stereocenters. The minimum absolute atomic E-state index is 0.148. The largest absolute Gasteiger partial charge is 0.468 e. The van der Waals surface area contributed by atoms with Gasteiger partial charge in [-0.25, -0.2) is 0 Å². The van der Waals surface area contributed by atoms with Gasteiger partial charge in [0, 0.05) is 6.04 Å². The van der Waals surface area contributed by atoms with E-state index < -0.39 is 0 Å². The topological polar surface area (TPSA) is 52.3 Å². The highest BCUT2D eigenvalue weighted by Gasteiger charge is 2.01. The molecule has 0 aromatic carbocycles. The van der Waals surface area contributed by atoms with E-state index in [9.17, 15) is 4.79 Å². The summed E-state index contributed by atoms with van der Waals surface area (Å²) in [6.07, 6.45) is 3.16. The Hall–Kier alpha value is -0.220. The molecule has 13 heavy (non-hydrogen) atoms. The van der Waals surface area contributed by atoms with Crippen LogP contribution in [0, 0.1) is 0 Å². The van der Waals surface area contributed by atoms with E-state index in [0.29, 0.717) is 11.8 Å². The molecule has 3 nitrogen and oxygen atoms in total. The average Bonchev–Trinajstić information content (AvgIpc) is 2.16. The van der Waals surface area contributed by atoms with Crippen molar-refractivity contribution in [1.82, 2.24) is 0 Å². The molecule has 0 bridgehead atoms. The van der Waals surface area contributed by atoms with E-state index in [-0.39, 0.29) is 5.97 Å². The first-order chi connectivity index (χ1) is 6.20. The first-order valence-corrected chi connectivity index (χ1v) is 5.76. The lowest BCUT2D eigenvalue weighted by Gasteiger charge is -2.07. The second kappa shape index (κ2) is 8.38. The third kappa shape index (κ3) is 8.12. The van der Waals surface area contributed by atoms with Crippen molar-refractivity contribution in [1.29, 1.82) is 0 Å². The summed E-state index contributed by atoms with van der Waals surface area (Å²) in [6, 6.07) is 0.318. The van der Waals surface area contributed by atoms with Gasteiger partial charge in [0.05, 0.1) is 12.9 Å². The zero-order chi connectivity index (χ0) is 10.1. The van der Waals surface area contributed by atoms with Crippen LogP contribution in [0.2, 0.25) is 0 Å². The zero-order valence-corrected chi connectivity index (χ0v) is 9.23. The molecule has 0 rings (SSSR count). The Kier molecular flexibility index (Phi) is 8.24. The van der Waals surface area contributed by atoms with Crippen LogP contribution in [-0.2, 0) is 9.53 Å². The Morgan fingerprint density at radius 3 is 2.85 bits per heavy atom. The summed E-state index contributed by atoms with van der Waals surface area (Å²) in [4.78, 5) is 10.7. The number of esters is 1. The third-order valence-electron chi connectivity index (χ3n) is 1.84. The van der Waals surface area contributed by atoms with E-state index in [1.165, 1.54) is 7.11 Å². The van der Waals surface area contributed by atoms with E-state index in [2.05, 4.69) is 11.7 Å². The van der Waals surface area contributed by atoms with Gasteiger partial charge >= 0.3 is 5.97 Å². The summed E-state index contributed by atoms with van der Waals surface area (Å²) in [7, 11) is 1.41. The number of ether oxygens (including phenoxy) is 1. The molecule has 0 saturated carbocycles. The van der Waals surface area contributed by atoms with Gasteiger partial charge in [0.2, 0.25) is 0 Å². The van der Waals surface area contributed by atoms with Crippen LogP contribution < -0.4 is 5.73 Å². The second-order valence-electron chi connectivity index (χ2n) is 2.94. The van der Waals surface area contributed by atoms with Gasteiger partial charge in [-0.2, -0.15) is 11.8 Å². The predicted octanol–water partition coefficient (Wildman–Crippen LogP) is 1.41. The van der Waals surface area contributed by atoms with Crippen LogP contribution in [0.4, 0.5) is 0 Å². The highest BCUT2D eigenvalue weighted by molar-refractivity contribution is 7.99. The highest BCUT2D eigenvalue weighted by Crippen LogP contribution is 2.07. The van der Waals surface area contributed by atoms with Crippen molar-refractivity contribution in [3.05, 3.63) is 0 Å². The number of hydrogen-bond acceptors (Lipinski definition) is 4. The van der Waals surface area contributed by atoms with Crippen molar-refractivity contribution >= 4 is 17.7 Å². The highest BCUT2D eigenvalue weighted by atomic mass is 32.2. The summed E-state index contributed by atoms with van der Waals surface area (Å²) < 4.78 is 4.51. The quantitative estimate of drug-likeness (QED) is 0.504. The number of thioether (sulfide) groups is 1. The van der Waals surface area contributed by atoms with Crippen LogP contribution in [0.25, 0.3) is 0 Å². The molecule has 4 heteroatoms. The lowest BCUT2D eigenvalue weighted by molar-refractivity contribution is -0.137. The van der Waals surface area contributed by atoms with Crippen molar-refractivity contribution in [3.8, 4) is 0 Å². The van der Waals surface area contributed by atoms with Crippen molar-refractivity contribution in [2.24, 2.45) is 5.73 Å². The Balaban J connectivity index is 3.12. The van der Waals surface area contributed by atoms with E-state index >= 15 is 0 Å². The number of methoxy groups -OCH3 is 1. The van der Waals surface area contributed by atoms with Gasteiger partial charge in [0.1, 0.15) is 0 Å². The maximum Gasteiger partial charge on any atom is 0.315 e.